The average molecular weight is 313 g/mol. The molecule has 0 radical (unpaired) electrons. The molecular weight excluding hydrogens is 295 g/mol. The molecule has 0 saturated carbocycles. The van der Waals surface area contributed by atoms with E-state index >= 15 is 0 Å². The van der Waals surface area contributed by atoms with Crippen LogP contribution >= 0.6 is 23.2 Å². The molecule has 2 unspecified atom stereocenters. The van der Waals surface area contributed by atoms with Crippen molar-refractivity contribution in [3.63, 3.8) is 0 Å². The first-order valence-corrected chi connectivity index (χ1v) is 7.84. The summed E-state index contributed by atoms with van der Waals surface area (Å²) in [5.74, 6) is 1.56. The number of fused-ring (bicyclic) bond motifs is 1. The summed E-state index contributed by atoms with van der Waals surface area (Å²) >= 11 is 12.4. The Morgan fingerprint density at radius 2 is 2.35 bits per heavy atom. The third kappa shape index (κ3) is 2.80. The maximum absolute atomic E-state index is 6.27. The molecule has 0 aliphatic carbocycles. The molecule has 20 heavy (non-hydrogen) atoms. The van der Waals surface area contributed by atoms with Gasteiger partial charge in [0.1, 0.15) is 5.82 Å². The lowest BCUT2D eigenvalue weighted by atomic mass is 10.1. The molecule has 108 valence electrons. The summed E-state index contributed by atoms with van der Waals surface area (Å²) in [7, 11) is 0. The number of aromatic nitrogens is 2. The Kier molecular flexibility index (Phi) is 4.20. The van der Waals surface area contributed by atoms with Gasteiger partial charge >= 0.3 is 0 Å². The van der Waals surface area contributed by atoms with E-state index in [1.807, 2.05) is 25.1 Å². The van der Waals surface area contributed by atoms with Gasteiger partial charge in [-0.05, 0) is 43.9 Å². The first-order chi connectivity index (χ1) is 9.65. The van der Waals surface area contributed by atoms with Crippen molar-refractivity contribution in [3.05, 3.63) is 29.0 Å². The van der Waals surface area contributed by atoms with Gasteiger partial charge in [-0.15, -0.1) is 11.6 Å². The summed E-state index contributed by atoms with van der Waals surface area (Å²) in [5, 5.41) is 0.623. The predicted octanol–water partition coefficient (Wildman–Crippen LogP) is 4.42. The van der Waals surface area contributed by atoms with E-state index in [4.69, 9.17) is 27.9 Å². The summed E-state index contributed by atoms with van der Waals surface area (Å²) in [6.07, 6.45) is 2.24. The van der Waals surface area contributed by atoms with Crippen molar-refractivity contribution in [2.24, 2.45) is 5.92 Å². The van der Waals surface area contributed by atoms with Crippen molar-refractivity contribution in [2.45, 2.75) is 31.7 Å². The van der Waals surface area contributed by atoms with Gasteiger partial charge in [0, 0.05) is 24.8 Å². The quantitative estimate of drug-likeness (QED) is 0.782. The second-order valence-electron chi connectivity index (χ2n) is 5.39. The lowest BCUT2D eigenvalue weighted by Crippen LogP contribution is -2.09. The standard InChI is InChI=1S/C15H18Cl2N2O/c1-10(16)15-18-13-3-2-12(17)8-14(13)19(15)6-4-11-5-7-20-9-11/h2-3,8,10-11H,4-7,9H2,1H3. The maximum Gasteiger partial charge on any atom is 0.127 e. The second kappa shape index (κ2) is 5.92. The largest absolute Gasteiger partial charge is 0.381 e. The van der Waals surface area contributed by atoms with Crippen LogP contribution in [0.1, 0.15) is 31.0 Å². The highest BCUT2D eigenvalue weighted by Gasteiger charge is 2.19. The van der Waals surface area contributed by atoms with E-state index < -0.39 is 0 Å². The van der Waals surface area contributed by atoms with Crippen molar-refractivity contribution in [1.29, 1.82) is 0 Å². The van der Waals surface area contributed by atoms with E-state index in [1.165, 1.54) is 0 Å². The minimum Gasteiger partial charge on any atom is -0.381 e. The fourth-order valence-corrected chi connectivity index (χ4v) is 3.11. The third-order valence-corrected chi connectivity index (χ3v) is 4.31. The number of rotatable bonds is 4. The molecule has 1 aliphatic rings. The van der Waals surface area contributed by atoms with Gasteiger partial charge in [0.05, 0.1) is 16.4 Å². The van der Waals surface area contributed by atoms with Crippen LogP contribution in [-0.4, -0.2) is 22.8 Å². The number of alkyl halides is 1. The summed E-state index contributed by atoms with van der Waals surface area (Å²) in [6.45, 7) is 4.63. The molecule has 2 atom stereocenters. The van der Waals surface area contributed by atoms with Crippen LogP contribution in [0.3, 0.4) is 0 Å². The van der Waals surface area contributed by atoms with E-state index in [1.54, 1.807) is 0 Å². The monoisotopic (exact) mass is 312 g/mol. The highest BCUT2D eigenvalue weighted by Crippen LogP contribution is 2.28. The number of hydrogen-bond acceptors (Lipinski definition) is 2. The van der Waals surface area contributed by atoms with Crippen LogP contribution in [0.5, 0.6) is 0 Å². The van der Waals surface area contributed by atoms with Gasteiger partial charge in [0.15, 0.2) is 0 Å². The SMILES string of the molecule is CC(Cl)c1nc2ccc(Cl)cc2n1CCC1CCOC1. The van der Waals surface area contributed by atoms with E-state index in [2.05, 4.69) is 9.55 Å². The Morgan fingerprint density at radius 3 is 3.05 bits per heavy atom. The van der Waals surface area contributed by atoms with Gasteiger partial charge in [0.25, 0.3) is 0 Å². The zero-order valence-electron chi connectivity index (χ0n) is 11.5. The normalized spacial score (nSPS) is 20.6. The van der Waals surface area contributed by atoms with Gasteiger partial charge < -0.3 is 9.30 Å². The van der Waals surface area contributed by atoms with Crippen molar-refractivity contribution >= 4 is 34.2 Å². The van der Waals surface area contributed by atoms with E-state index in [9.17, 15) is 0 Å². The van der Waals surface area contributed by atoms with Crippen LogP contribution < -0.4 is 0 Å². The molecule has 1 saturated heterocycles. The second-order valence-corrected chi connectivity index (χ2v) is 6.48. The lowest BCUT2D eigenvalue weighted by molar-refractivity contribution is 0.183. The zero-order chi connectivity index (χ0) is 14.1. The smallest absolute Gasteiger partial charge is 0.127 e. The number of benzene rings is 1. The highest BCUT2D eigenvalue weighted by atomic mass is 35.5. The number of hydrogen-bond donors (Lipinski definition) is 0. The third-order valence-electron chi connectivity index (χ3n) is 3.88. The number of imidazole rings is 1. The van der Waals surface area contributed by atoms with Crippen molar-refractivity contribution in [3.8, 4) is 0 Å². The average Bonchev–Trinajstić information content (AvgIpc) is 3.03. The van der Waals surface area contributed by atoms with Gasteiger partial charge in [-0.3, -0.25) is 0 Å². The Hall–Kier alpha value is -0.770. The lowest BCUT2D eigenvalue weighted by Gasteiger charge is -2.13. The predicted molar refractivity (Wildman–Crippen MR) is 82.6 cm³/mol. The molecule has 0 N–H and O–H groups in total. The van der Waals surface area contributed by atoms with Gasteiger partial charge in [0.2, 0.25) is 0 Å². The van der Waals surface area contributed by atoms with Gasteiger partial charge in [-0.25, -0.2) is 4.98 Å². The molecule has 2 heterocycles. The van der Waals surface area contributed by atoms with Gasteiger partial charge in [-0.1, -0.05) is 11.6 Å². The van der Waals surface area contributed by atoms with Crippen LogP contribution in [0.2, 0.25) is 5.02 Å². The fraction of sp³-hybridized carbons (Fsp3) is 0.533. The molecule has 1 aromatic heterocycles. The van der Waals surface area contributed by atoms with E-state index in [0.29, 0.717) is 5.92 Å². The summed E-state index contributed by atoms with van der Waals surface area (Å²) in [6, 6.07) is 5.79. The Labute approximate surface area is 128 Å². The van der Waals surface area contributed by atoms with Crippen molar-refractivity contribution < 1.29 is 4.74 Å². The minimum absolute atomic E-state index is 0.110. The molecule has 1 aliphatic heterocycles. The number of ether oxygens (including phenoxy) is 1. The maximum atomic E-state index is 6.27. The minimum atomic E-state index is -0.110. The Balaban J connectivity index is 1.92. The van der Waals surface area contributed by atoms with Crippen LogP contribution in [-0.2, 0) is 11.3 Å². The van der Waals surface area contributed by atoms with Crippen LogP contribution in [0.4, 0.5) is 0 Å². The van der Waals surface area contributed by atoms with Crippen molar-refractivity contribution in [2.75, 3.05) is 13.2 Å². The summed E-state index contributed by atoms with van der Waals surface area (Å²) < 4.78 is 7.64. The zero-order valence-corrected chi connectivity index (χ0v) is 13.0. The van der Waals surface area contributed by atoms with Crippen molar-refractivity contribution in [1.82, 2.24) is 9.55 Å². The van der Waals surface area contributed by atoms with Gasteiger partial charge in [-0.2, -0.15) is 0 Å². The highest BCUT2D eigenvalue weighted by molar-refractivity contribution is 6.31. The number of halogens is 2. The topological polar surface area (TPSA) is 27.1 Å². The molecule has 3 rings (SSSR count). The molecule has 0 bridgehead atoms. The molecule has 1 fully saturated rings. The molecule has 5 heteroatoms. The number of aryl methyl sites for hydroxylation is 1. The molecular formula is C15H18Cl2N2O. The molecule has 0 spiro atoms. The first-order valence-electron chi connectivity index (χ1n) is 7.02. The summed E-state index contributed by atoms with van der Waals surface area (Å²) in [4.78, 5) is 4.64. The van der Waals surface area contributed by atoms with E-state index in [-0.39, 0.29) is 5.38 Å². The molecule has 0 amide bonds. The molecule has 3 nitrogen and oxygen atoms in total. The van der Waals surface area contributed by atoms with Crippen LogP contribution in [0.25, 0.3) is 11.0 Å². The fourth-order valence-electron chi connectivity index (χ4n) is 2.78. The van der Waals surface area contributed by atoms with Crippen LogP contribution in [0.15, 0.2) is 18.2 Å². The molecule has 2 aromatic rings. The summed E-state index contributed by atoms with van der Waals surface area (Å²) in [5.41, 5.74) is 2.03. The van der Waals surface area contributed by atoms with E-state index in [0.717, 1.165) is 54.5 Å². The number of nitrogens with zero attached hydrogens (tertiary/aromatic N) is 2. The Bertz CT molecular complexity index is 603. The Morgan fingerprint density at radius 1 is 1.50 bits per heavy atom. The van der Waals surface area contributed by atoms with Crippen LogP contribution in [0, 0.1) is 5.92 Å². The first kappa shape index (κ1) is 14.2. The molecule has 1 aromatic carbocycles.